The predicted octanol–water partition coefficient (Wildman–Crippen LogP) is 4.82. The molecule has 0 bridgehead atoms. The summed E-state index contributed by atoms with van der Waals surface area (Å²) < 4.78 is 18.9. The van der Waals surface area contributed by atoms with Crippen LogP contribution in [0, 0.1) is 5.82 Å². The highest BCUT2D eigenvalue weighted by Crippen LogP contribution is 2.46. The molecule has 27 heavy (non-hydrogen) atoms. The van der Waals surface area contributed by atoms with Crippen molar-refractivity contribution in [2.24, 2.45) is 0 Å². The van der Waals surface area contributed by atoms with Crippen LogP contribution < -0.4 is 10.2 Å². The molecule has 0 aromatic heterocycles. The monoisotopic (exact) mass is 388 g/mol. The summed E-state index contributed by atoms with van der Waals surface area (Å²) in [6.45, 7) is 3.95. The van der Waals surface area contributed by atoms with Gasteiger partial charge in [0.15, 0.2) is 0 Å². The molecule has 1 atom stereocenters. The molecule has 0 saturated carbocycles. The Balaban J connectivity index is 1.56. The molecule has 1 saturated heterocycles. The second-order valence-corrected chi connectivity index (χ2v) is 7.75. The molecule has 2 aromatic carbocycles. The van der Waals surface area contributed by atoms with Gasteiger partial charge in [-0.15, -0.1) is 0 Å². The molecule has 6 heteroatoms. The number of carbonyl (C=O) groups excluding carboxylic acids is 1. The molecule has 2 amide bonds. The Morgan fingerprint density at radius 3 is 2.74 bits per heavy atom. The van der Waals surface area contributed by atoms with Gasteiger partial charge >= 0.3 is 6.03 Å². The number of para-hydroxylation sites is 1. The predicted molar refractivity (Wildman–Crippen MR) is 104 cm³/mol. The number of halogens is 2. The largest absolute Gasteiger partial charge is 0.381 e. The van der Waals surface area contributed by atoms with Crippen LogP contribution in [-0.4, -0.2) is 25.8 Å². The van der Waals surface area contributed by atoms with Gasteiger partial charge in [0.2, 0.25) is 0 Å². The minimum atomic E-state index is -0.464. The molecule has 0 aliphatic carbocycles. The number of fused-ring (bicyclic) bond motifs is 2. The third kappa shape index (κ3) is 3.30. The molecule has 0 radical (unpaired) electrons. The lowest BCUT2D eigenvalue weighted by molar-refractivity contribution is 0.0556. The first-order valence-corrected chi connectivity index (χ1v) is 9.58. The summed E-state index contributed by atoms with van der Waals surface area (Å²) in [5.41, 5.74) is 2.92. The van der Waals surface area contributed by atoms with Gasteiger partial charge in [-0.25, -0.2) is 9.18 Å². The van der Waals surface area contributed by atoms with Crippen LogP contribution in [0.25, 0.3) is 0 Å². The van der Waals surface area contributed by atoms with Gasteiger partial charge in [0, 0.05) is 30.9 Å². The molecule has 4 rings (SSSR count). The summed E-state index contributed by atoms with van der Waals surface area (Å²) in [5, 5.41) is 3.08. The maximum Gasteiger partial charge on any atom is 0.322 e. The van der Waals surface area contributed by atoms with Gasteiger partial charge in [0.1, 0.15) is 5.82 Å². The molecule has 1 fully saturated rings. The fourth-order valence-corrected chi connectivity index (χ4v) is 4.32. The zero-order valence-electron chi connectivity index (χ0n) is 15.2. The molecule has 1 N–H and O–H groups in total. The molecule has 2 aliphatic rings. The topological polar surface area (TPSA) is 41.6 Å². The fraction of sp³-hybridized carbons (Fsp3) is 0.381. The number of amides is 2. The van der Waals surface area contributed by atoms with Crippen LogP contribution in [0.15, 0.2) is 42.5 Å². The minimum Gasteiger partial charge on any atom is -0.381 e. The number of hydrogen-bond donors (Lipinski definition) is 1. The van der Waals surface area contributed by atoms with Crippen LogP contribution in [0.5, 0.6) is 0 Å². The average Bonchev–Trinajstić information content (AvgIpc) is 2.99. The number of ether oxygens (including phenoxy) is 1. The van der Waals surface area contributed by atoms with Crippen molar-refractivity contribution in [3.05, 3.63) is 64.4 Å². The second-order valence-electron chi connectivity index (χ2n) is 7.34. The molecule has 4 nitrogen and oxygen atoms in total. The average molecular weight is 389 g/mol. The number of carbonyl (C=O) groups is 1. The summed E-state index contributed by atoms with van der Waals surface area (Å²) in [7, 11) is 0. The summed E-state index contributed by atoms with van der Waals surface area (Å²) in [4.78, 5) is 14.9. The Kier molecular flexibility index (Phi) is 4.82. The minimum absolute atomic E-state index is 0.0331. The molecular formula is C21H22ClFN2O2. The van der Waals surface area contributed by atoms with E-state index < -0.39 is 5.82 Å². The van der Waals surface area contributed by atoms with Gasteiger partial charge < -0.3 is 10.1 Å². The van der Waals surface area contributed by atoms with Gasteiger partial charge in [-0.3, -0.25) is 4.90 Å². The van der Waals surface area contributed by atoms with Crippen molar-refractivity contribution < 1.29 is 13.9 Å². The maximum atomic E-state index is 13.4. The number of urea groups is 1. The van der Waals surface area contributed by atoms with E-state index in [0.29, 0.717) is 19.8 Å². The molecular weight excluding hydrogens is 367 g/mol. The van der Waals surface area contributed by atoms with Gasteiger partial charge in [-0.05, 0) is 49.1 Å². The number of nitrogens with one attached hydrogen (secondary N) is 1. The van der Waals surface area contributed by atoms with Gasteiger partial charge in [-0.1, -0.05) is 35.9 Å². The highest BCUT2D eigenvalue weighted by atomic mass is 35.5. The quantitative estimate of drug-likeness (QED) is 0.801. The van der Waals surface area contributed by atoms with Crippen LogP contribution in [-0.2, 0) is 10.2 Å². The van der Waals surface area contributed by atoms with Crippen molar-refractivity contribution in [1.82, 2.24) is 5.32 Å². The van der Waals surface area contributed by atoms with Crippen LogP contribution in [0.4, 0.5) is 14.9 Å². The Morgan fingerprint density at radius 1 is 1.26 bits per heavy atom. The lowest BCUT2D eigenvalue weighted by Crippen LogP contribution is -2.45. The summed E-state index contributed by atoms with van der Waals surface area (Å²) in [6.07, 6.45) is 1.83. The Bertz CT molecular complexity index is 867. The van der Waals surface area contributed by atoms with E-state index in [2.05, 4.69) is 11.4 Å². The first kappa shape index (κ1) is 18.3. The lowest BCUT2D eigenvalue weighted by Gasteiger charge is -2.34. The fourth-order valence-electron chi connectivity index (χ4n) is 4.13. The highest BCUT2D eigenvalue weighted by Gasteiger charge is 2.45. The number of rotatable bonds is 2. The third-order valence-electron chi connectivity index (χ3n) is 5.71. The van der Waals surface area contributed by atoms with Crippen molar-refractivity contribution in [3.8, 4) is 0 Å². The molecule has 0 unspecified atom stereocenters. The number of nitrogens with zero attached hydrogens (tertiary/aromatic N) is 1. The summed E-state index contributed by atoms with van der Waals surface area (Å²) in [6, 6.07) is 12.2. The van der Waals surface area contributed by atoms with Gasteiger partial charge in [0.25, 0.3) is 0 Å². The molecule has 2 heterocycles. The molecule has 2 aromatic rings. The standard InChI is InChI=1S/C21H22ClFN2O2/c1-14(15-6-7-18(23)17(22)12-15)24-20(26)25-13-21(8-10-27-11-9-21)16-4-2-3-5-19(16)25/h2-7,12,14H,8-11,13H2,1H3,(H,24,26)/t14-/m0/s1. The highest BCUT2D eigenvalue weighted by molar-refractivity contribution is 6.30. The van der Waals surface area contributed by atoms with Crippen LogP contribution in [0.3, 0.4) is 0 Å². The zero-order valence-corrected chi connectivity index (χ0v) is 15.9. The molecule has 1 spiro atoms. The number of anilines is 1. The normalized spacial score (nSPS) is 19.0. The van der Waals surface area contributed by atoms with E-state index >= 15 is 0 Å². The molecule has 2 aliphatic heterocycles. The first-order valence-electron chi connectivity index (χ1n) is 9.20. The Hall–Kier alpha value is -2.11. The smallest absolute Gasteiger partial charge is 0.322 e. The van der Waals surface area contributed by atoms with E-state index in [1.54, 1.807) is 12.1 Å². The van der Waals surface area contributed by atoms with E-state index in [-0.39, 0.29) is 22.5 Å². The molecule has 142 valence electrons. The van der Waals surface area contributed by atoms with E-state index in [9.17, 15) is 9.18 Å². The Morgan fingerprint density at radius 2 is 2.00 bits per heavy atom. The third-order valence-corrected chi connectivity index (χ3v) is 6.00. The zero-order chi connectivity index (χ0) is 19.0. The summed E-state index contributed by atoms with van der Waals surface area (Å²) >= 11 is 5.88. The van der Waals surface area contributed by atoms with Crippen molar-refractivity contribution in [1.29, 1.82) is 0 Å². The van der Waals surface area contributed by atoms with Crippen molar-refractivity contribution in [3.63, 3.8) is 0 Å². The Labute approximate surface area is 163 Å². The van der Waals surface area contributed by atoms with Crippen molar-refractivity contribution in [2.45, 2.75) is 31.2 Å². The van der Waals surface area contributed by atoms with Gasteiger partial charge in [-0.2, -0.15) is 0 Å². The van der Waals surface area contributed by atoms with Gasteiger partial charge in [0.05, 0.1) is 11.1 Å². The van der Waals surface area contributed by atoms with Crippen LogP contribution in [0.1, 0.15) is 36.9 Å². The van der Waals surface area contributed by atoms with E-state index in [1.165, 1.54) is 11.6 Å². The SMILES string of the molecule is C[C@H](NC(=O)N1CC2(CCOCC2)c2ccccc21)c1ccc(F)c(Cl)c1. The summed E-state index contributed by atoms with van der Waals surface area (Å²) in [5.74, 6) is -0.464. The van der Waals surface area contributed by atoms with Crippen molar-refractivity contribution >= 4 is 23.3 Å². The lowest BCUT2D eigenvalue weighted by atomic mass is 9.76. The first-order chi connectivity index (χ1) is 13.0. The number of benzene rings is 2. The van der Waals surface area contributed by atoms with Crippen molar-refractivity contribution in [2.75, 3.05) is 24.7 Å². The second kappa shape index (κ2) is 7.13. The maximum absolute atomic E-state index is 13.4. The number of hydrogen-bond acceptors (Lipinski definition) is 2. The van der Waals surface area contributed by atoms with Crippen LogP contribution in [0.2, 0.25) is 5.02 Å². The van der Waals surface area contributed by atoms with E-state index in [1.807, 2.05) is 30.0 Å². The van der Waals surface area contributed by atoms with Crippen LogP contribution >= 0.6 is 11.6 Å². The van der Waals surface area contributed by atoms with E-state index in [0.717, 1.165) is 24.1 Å². The van der Waals surface area contributed by atoms with E-state index in [4.69, 9.17) is 16.3 Å².